The van der Waals surface area contributed by atoms with Crippen LogP contribution in [0.1, 0.15) is 27.0 Å². The third-order valence-electron chi connectivity index (χ3n) is 5.42. The molecule has 168 valence electrons. The van der Waals surface area contributed by atoms with Crippen molar-refractivity contribution < 1.29 is 32.2 Å². The number of aromatic carboxylic acids is 1. The number of H-pyrrole nitrogens is 1. The minimum absolute atomic E-state index is 0.0292. The molecule has 1 fully saturated rings. The second-order valence-electron chi connectivity index (χ2n) is 7.42. The summed E-state index contributed by atoms with van der Waals surface area (Å²) in [6.45, 7) is 1.51. The van der Waals surface area contributed by atoms with Crippen molar-refractivity contribution in [2.75, 3.05) is 31.2 Å². The Morgan fingerprint density at radius 3 is 2.41 bits per heavy atom. The van der Waals surface area contributed by atoms with Crippen molar-refractivity contribution in [2.45, 2.75) is 12.6 Å². The highest BCUT2D eigenvalue weighted by Gasteiger charge is 2.30. The molecular weight excluding hydrogens is 432 g/mol. The SMILES string of the molecule is O=C(O)c1c[nH]c2c(Cc3ccc(C(F)(F)F)cc3)c(N3CCOCC3)c(F)cc2c1=O. The molecule has 1 aliphatic rings. The fraction of sp³-hybridized carbons (Fsp3) is 0.273. The Hall–Kier alpha value is -3.40. The Bertz CT molecular complexity index is 1230. The zero-order valence-corrected chi connectivity index (χ0v) is 16.6. The van der Waals surface area contributed by atoms with Crippen molar-refractivity contribution in [3.8, 4) is 0 Å². The van der Waals surface area contributed by atoms with Crippen molar-refractivity contribution in [1.29, 1.82) is 0 Å². The maximum absolute atomic E-state index is 15.3. The molecule has 0 unspecified atom stereocenters. The molecule has 0 amide bonds. The van der Waals surface area contributed by atoms with Crippen LogP contribution in [0.15, 0.2) is 41.3 Å². The summed E-state index contributed by atoms with van der Waals surface area (Å²) in [6.07, 6.45) is -3.41. The molecule has 6 nitrogen and oxygen atoms in total. The van der Waals surface area contributed by atoms with E-state index in [1.807, 2.05) is 0 Å². The van der Waals surface area contributed by atoms with E-state index in [2.05, 4.69) is 4.98 Å². The van der Waals surface area contributed by atoms with Gasteiger partial charge >= 0.3 is 12.1 Å². The van der Waals surface area contributed by atoms with Crippen LogP contribution in [0, 0.1) is 5.82 Å². The van der Waals surface area contributed by atoms with Gasteiger partial charge in [-0.05, 0) is 23.8 Å². The molecule has 32 heavy (non-hydrogen) atoms. The lowest BCUT2D eigenvalue weighted by Crippen LogP contribution is -2.37. The molecule has 4 rings (SSSR count). The molecule has 3 aromatic rings. The number of pyridine rings is 1. The van der Waals surface area contributed by atoms with Gasteiger partial charge in [-0.15, -0.1) is 0 Å². The normalized spacial score (nSPS) is 14.7. The van der Waals surface area contributed by atoms with Gasteiger partial charge in [0.15, 0.2) is 0 Å². The summed E-state index contributed by atoms with van der Waals surface area (Å²) in [5, 5.41) is 9.08. The first-order valence-electron chi connectivity index (χ1n) is 9.75. The Labute approximate surface area is 179 Å². The number of ether oxygens (including phenoxy) is 1. The highest BCUT2D eigenvalue weighted by atomic mass is 19.4. The van der Waals surface area contributed by atoms with Crippen LogP contribution in [0.4, 0.5) is 23.2 Å². The van der Waals surface area contributed by atoms with Gasteiger partial charge in [-0.2, -0.15) is 13.2 Å². The van der Waals surface area contributed by atoms with Gasteiger partial charge in [0.2, 0.25) is 5.43 Å². The molecule has 1 aromatic heterocycles. The van der Waals surface area contributed by atoms with Crippen LogP contribution in [0.2, 0.25) is 0 Å². The average Bonchev–Trinajstić information content (AvgIpc) is 2.74. The first kappa shape index (κ1) is 21.8. The number of aromatic amines is 1. The van der Waals surface area contributed by atoms with Gasteiger partial charge in [0.25, 0.3) is 0 Å². The first-order valence-corrected chi connectivity index (χ1v) is 9.75. The van der Waals surface area contributed by atoms with E-state index in [0.717, 1.165) is 24.4 Å². The van der Waals surface area contributed by atoms with Crippen LogP contribution in [0.3, 0.4) is 0 Å². The quantitative estimate of drug-likeness (QED) is 0.591. The Morgan fingerprint density at radius 2 is 1.81 bits per heavy atom. The topological polar surface area (TPSA) is 82.6 Å². The number of aromatic nitrogens is 1. The summed E-state index contributed by atoms with van der Waals surface area (Å²) < 4.78 is 59.3. The van der Waals surface area contributed by atoms with Gasteiger partial charge in [-0.25, -0.2) is 9.18 Å². The van der Waals surface area contributed by atoms with E-state index in [4.69, 9.17) is 4.74 Å². The van der Waals surface area contributed by atoms with Crippen molar-refractivity contribution >= 4 is 22.6 Å². The summed E-state index contributed by atoms with van der Waals surface area (Å²) in [7, 11) is 0. The molecule has 1 saturated heterocycles. The van der Waals surface area contributed by atoms with Gasteiger partial charge in [-0.1, -0.05) is 12.1 Å². The summed E-state index contributed by atoms with van der Waals surface area (Å²) in [6, 6.07) is 5.48. The van der Waals surface area contributed by atoms with E-state index in [0.29, 0.717) is 37.4 Å². The number of hydrogen-bond acceptors (Lipinski definition) is 4. The number of alkyl halides is 3. The number of carboxylic acids is 1. The fourth-order valence-electron chi connectivity index (χ4n) is 3.87. The lowest BCUT2D eigenvalue weighted by molar-refractivity contribution is -0.137. The number of anilines is 1. The first-order chi connectivity index (χ1) is 15.2. The molecule has 2 aromatic carbocycles. The molecule has 10 heteroatoms. The lowest BCUT2D eigenvalue weighted by atomic mass is 9.97. The van der Waals surface area contributed by atoms with Crippen molar-refractivity contribution in [3.05, 3.63) is 74.8 Å². The van der Waals surface area contributed by atoms with E-state index >= 15 is 4.39 Å². The summed E-state index contributed by atoms with van der Waals surface area (Å²) in [5.41, 5.74) is -0.900. The van der Waals surface area contributed by atoms with Gasteiger partial charge in [-0.3, -0.25) is 4.79 Å². The average molecular weight is 450 g/mol. The number of halogens is 4. The lowest BCUT2D eigenvalue weighted by Gasteiger charge is -2.31. The van der Waals surface area contributed by atoms with E-state index in [1.54, 1.807) is 4.90 Å². The molecule has 0 spiro atoms. The third kappa shape index (κ3) is 4.05. The molecule has 1 aliphatic heterocycles. The van der Waals surface area contributed by atoms with Crippen molar-refractivity contribution in [2.24, 2.45) is 0 Å². The van der Waals surface area contributed by atoms with Gasteiger partial charge in [0, 0.05) is 36.7 Å². The standard InChI is InChI=1S/C22H18F4N2O4/c23-17-10-15-18(27-11-16(20(15)29)21(30)31)14(19(17)28-5-7-32-8-6-28)9-12-1-3-13(4-2-12)22(24,25)26/h1-4,10-11H,5-9H2,(H,27,29)(H,30,31). The van der Waals surface area contributed by atoms with E-state index in [-0.39, 0.29) is 23.0 Å². The largest absolute Gasteiger partial charge is 0.477 e. The molecule has 2 N–H and O–H groups in total. The molecule has 0 bridgehead atoms. The molecule has 0 aliphatic carbocycles. The second kappa shape index (κ2) is 8.27. The van der Waals surface area contributed by atoms with Crippen molar-refractivity contribution in [3.63, 3.8) is 0 Å². The van der Waals surface area contributed by atoms with E-state index < -0.39 is 34.5 Å². The minimum Gasteiger partial charge on any atom is -0.477 e. The number of fused-ring (bicyclic) bond motifs is 1. The number of hydrogen-bond donors (Lipinski definition) is 2. The molecule has 0 saturated carbocycles. The predicted octanol–water partition coefficient (Wildman–Crippen LogP) is 3.81. The summed E-state index contributed by atoms with van der Waals surface area (Å²) in [5.74, 6) is -2.16. The fourth-order valence-corrected chi connectivity index (χ4v) is 3.87. The van der Waals surface area contributed by atoms with Gasteiger partial charge in [0.05, 0.1) is 30.0 Å². The number of rotatable bonds is 4. The summed E-state index contributed by atoms with van der Waals surface area (Å²) in [4.78, 5) is 28.5. The van der Waals surface area contributed by atoms with Crippen LogP contribution in [0.5, 0.6) is 0 Å². The molecule has 0 radical (unpaired) electrons. The Morgan fingerprint density at radius 1 is 1.16 bits per heavy atom. The maximum atomic E-state index is 15.3. The van der Waals surface area contributed by atoms with Crippen LogP contribution in [-0.2, 0) is 17.3 Å². The van der Waals surface area contributed by atoms with E-state index in [9.17, 15) is 27.9 Å². The van der Waals surface area contributed by atoms with Gasteiger partial charge < -0.3 is 19.7 Å². The van der Waals surface area contributed by atoms with E-state index in [1.165, 1.54) is 12.1 Å². The number of nitrogens with zero attached hydrogens (tertiary/aromatic N) is 1. The Balaban J connectivity index is 1.89. The zero-order chi connectivity index (χ0) is 23.0. The second-order valence-corrected chi connectivity index (χ2v) is 7.42. The smallest absolute Gasteiger partial charge is 0.416 e. The number of benzene rings is 2. The minimum atomic E-state index is -4.48. The number of nitrogens with one attached hydrogen (secondary N) is 1. The third-order valence-corrected chi connectivity index (χ3v) is 5.42. The molecular formula is C22H18F4N2O4. The highest BCUT2D eigenvalue weighted by molar-refractivity contribution is 5.95. The van der Waals surface area contributed by atoms with Crippen LogP contribution >= 0.6 is 0 Å². The highest BCUT2D eigenvalue weighted by Crippen LogP contribution is 2.34. The number of morpholine rings is 1. The molecule has 2 heterocycles. The number of carbonyl (C=O) groups is 1. The van der Waals surface area contributed by atoms with Crippen LogP contribution in [-0.4, -0.2) is 42.4 Å². The monoisotopic (exact) mass is 450 g/mol. The van der Waals surface area contributed by atoms with Gasteiger partial charge in [0.1, 0.15) is 11.4 Å². The summed E-state index contributed by atoms with van der Waals surface area (Å²) >= 11 is 0. The van der Waals surface area contributed by atoms with Crippen LogP contribution in [0.25, 0.3) is 10.9 Å². The number of carboxylic acid groups (broad SMARTS) is 1. The maximum Gasteiger partial charge on any atom is 0.416 e. The Kier molecular flexibility index (Phi) is 5.64. The molecule has 0 atom stereocenters. The van der Waals surface area contributed by atoms with Crippen molar-refractivity contribution in [1.82, 2.24) is 4.98 Å². The zero-order valence-electron chi connectivity index (χ0n) is 16.6. The van der Waals surface area contributed by atoms with Crippen LogP contribution < -0.4 is 10.3 Å². The predicted molar refractivity (Wildman–Crippen MR) is 109 cm³/mol.